The van der Waals surface area contributed by atoms with Crippen LogP contribution in [-0.2, 0) is 0 Å². The molecule has 0 fully saturated rings. The standard InChI is InChI=1S/C9H11F5O2S/c1-6-4-7(17(10,11,12,13)14)5-8(15-2)9(6)16-3/h4-5H,1-3H3. The van der Waals surface area contributed by atoms with Crippen LogP contribution in [0.25, 0.3) is 0 Å². The number of benzene rings is 1. The maximum atomic E-state index is 12.6. The van der Waals surface area contributed by atoms with E-state index in [0.29, 0.717) is 6.07 Å². The third-order valence-electron chi connectivity index (χ3n) is 2.08. The lowest BCUT2D eigenvalue weighted by molar-refractivity contribution is 0.344. The molecule has 0 amide bonds. The predicted octanol–water partition coefficient (Wildman–Crippen LogP) is 4.67. The smallest absolute Gasteiger partial charge is 0.310 e. The Morgan fingerprint density at radius 2 is 1.47 bits per heavy atom. The summed E-state index contributed by atoms with van der Waals surface area (Å²) in [7, 11) is -7.40. The Labute approximate surface area is 95.1 Å². The maximum absolute atomic E-state index is 12.6. The molecule has 0 heterocycles. The number of aryl methyl sites for hydroxylation is 1. The van der Waals surface area contributed by atoms with Crippen LogP contribution in [0, 0.1) is 6.92 Å². The first-order valence-electron chi connectivity index (χ1n) is 4.36. The van der Waals surface area contributed by atoms with Gasteiger partial charge in [-0.25, -0.2) is 0 Å². The number of hydrogen-bond acceptors (Lipinski definition) is 2. The van der Waals surface area contributed by atoms with Gasteiger partial charge in [-0.3, -0.25) is 0 Å². The molecule has 0 saturated heterocycles. The fraction of sp³-hybridized carbons (Fsp3) is 0.333. The quantitative estimate of drug-likeness (QED) is 0.748. The molecule has 17 heavy (non-hydrogen) atoms. The van der Waals surface area contributed by atoms with E-state index in [1.165, 1.54) is 14.0 Å². The highest BCUT2D eigenvalue weighted by Crippen LogP contribution is 3.02. The van der Waals surface area contributed by atoms with Crippen LogP contribution in [0.5, 0.6) is 11.5 Å². The minimum absolute atomic E-state index is 0.00176. The molecule has 0 atom stereocenters. The van der Waals surface area contributed by atoms with E-state index in [9.17, 15) is 19.4 Å². The molecule has 0 bridgehead atoms. The zero-order valence-electron chi connectivity index (χ0n) is 9.27. The van der Waals surface area contributed by atoms with Crippen molar-refractivity contribution in [3.05, 3.63) is 17.7 Å². The van der Waals surface area contributed by atoms with Crippen LogP contribution in [-0.4, -0.2) is 14.2 Å². The first-order valence-corrected chi connectivity index (χ1v) is 6.31. The molecule has 100 valence electrons. The summed E-state index contributed by atoms with van der Waals surface area (Å²) in [4.78, 5) is -1.99. The van der Waals surface area contributed by atoms with E-state index in [-0.39, 0.29) is 23.1 Å². The van der Waals surface area contributed by atoms with E-state index < -0.39 is 15.1 Å². The SMILES string of the molecule is COc1cc(S(F)(F)(F)(F)F)cc(C)c1OC. The third-order valence-corrected chi connectivity index (χ3v) is 3.21. The largest absolute Gasteiger partial charge is 0.493 e. The van der Waals surface area contributed by atoms with Gasteiger partial charge >= 0.3 is 10.2 Å². The van der Waals surface area contributed by atoms with Gasteiger partial charge in [0, 0.05) is 6.07 Å². The van der Waals surface area contributed by atoms with E-state index in [4.69, 9.17) is 4.74 Å². The lowest BCUT2D eigenvalue weighted by Crippen LogP contribution is -2.07. The van der Waals surface area contributed by atoms with Crippen molar-refractivity contribution in [3.63, 3.8) is 0 Å². The van der Waals surface area contributed by atoms with Gasteiger partial charge in [0.1, 0.15) is 4.90 Å². The third kappa shape index (κ3) is 2.93. The summed E-state index contributed by atoms with van der Waals surface area (Å²) in [5, 5.41) is 0. The molecule has 0 aromatic heterocycles. The molecular weight excluding hydrogens is 267 g/mol. The molecule has 0 N–H and O–H groups in total. The van der Waals surface area contributed by atoms with Crippen LogP contribution in [0.1, 0.15) is 5.56 Å². The molecule has 8 heteroatoms. The van der Waals surface area contributed by atoms with Crippen LogP contribution < -0.4 is 9.47 Å². The fourth-order valence-electron chi connectivity index (χ4n) is 1.35. The predicted molar refractivity (Wildman–Crippen MR) is 55.7 cm³/mol. The monoisotopic (exact) mass is 278 g/mol. The first-order chi connectivity index (χ1) is 7.38. The van der Waals surface area contributed by atoms with Gasteiger partial charge < -0.3 is 9.47 Å². The van der Waals surface area contributed by atoms with Crippen LogP contribution in [0.4, 0.5) is 19.4 Å². The van der Waals surface area contributed by atoms with E-state index >= 15 is 0 Å². The highest BCUT2D eigenvalue weighted by molar-refractivity contribution is 8.45. The van der Waals surface area contributed by atoms with Gasteiger partial charge in [-0.15, -0.1) is 0 Å². The molecule has 2 nitrogen and oxygen atoms in total. The van der Waals surface area contributed by atoms with Crippen LogP contribution >= 0.6 is 10.2 Å². The van der Waals surface area contributed by atoms with Crippen molar-refractivity contribution in [2.75, 3.05) is 14.2 Å². The number of halogens is 5. The van der Waals surface area contributed by atoms with Crippen LogP contribution in [0.15, 0.2) is 17.0 Å². The Bertz CT molecular complexity index is 454. The lowest BCUT2D eigenvalue weighted by Gasteiger charge is -2.40. The maximum Gasteiger partial charge on any atom is 0.310 e. The minimum Gasteiger partial charge on any atom is -0.493 e. The molecule has 0 aliphatic carbocycles. The second-order valence-electron chi connectivity index (χ2n) is 3.44. The number of methoxy groups -OCH3 is 2. The summed E-state index contributed by atoms with van der Waals surface area (Å²) < 4.78 is 72.3. The summed E-state index contributed by atoms with van der Waals surface area (Å²) >= 11 is 0. The molecule has 0 radical (unpaired) electrons. The van der Waals surface area contributed by atoms with Crippen molar-refractivity contribution in [2.24, 2.45) is 0 Å². The van der Waals surface area contributed by atoms with Crippen molar-refractivity contribution in [1.82, 2.24) is 0 Å². The molecule has 0 aliphatic rings. The molecule has 1 rings (SSSR count). The van der Waals surface area contributed by atoms with E-state index in [1.807, 2.05) is 0 Å². The topological polar surface area (TPSA) is 18.5 Å². The van der Waals surface area contributed by atoms with Crippen molar-refractivity contribution >= 4 is 10.2 Å². The van der Waals surface area contributed by atoms with Gasteiger partial charge in [-0.1, -0.05) is 19.4 Å². The highest BCUT2D eigenvalue weighted by Gasteiger charge is 2.65. The van der Waals surface area contributed by atoms with Crippen LogP contribution in [0.3, 0.4) is 0 Å². The zero-order valence-corrected chi connectivity index (χ0v) is 10.1. The Kier molecular flexibility index (Phi) is 2.60. The van der Waals surface area contributed by atoms with Crippen molar-refractivity contribution in [1.29, 1.82) is 0 Å². The minimum atomic E-state index is -9.69. The molecule has 0 aliphatic heterocycles. The summed E-state index contributed by atoms with van der Waals surface area (Å²) in [6.07, 6.45) is 0. The summed E-state index contributed by atoms with van der Waals surface area (Å²) in [5.41, 5.74) is -0.0740. The van der Waals surface area contributed by atoms with Gasteiger partial charge in [0.15, 0.2) is 11.5 Å². The average molecular weight is 278 g/mol. The van der Waals surface area contributed by atoms with E-state index in [0.717, 1.165) is 7.11 Å². The second kappa shape index (κ2) is 3.18. The lowest BCUT2D eigenvalue weighted by atomic mass is 10.2. The number of hydrogen-bond donors (Lipinski definition) is 0. The van der Waals surface area contributed by atoms with Gasteiger partial charge in [0.2, 0.25) is 0 Å². The Balaban J connectivity index is 3.58. The highest BCUT2D eigenvalue weighted by atomic mass is 32.5. The first kappa shape index (κ1) is 13.9. The van der Waals surface area contributed by atoms with Gasteiger partial charge in [0.25, 0.3) is 0 Å². The average Bonchev–Trinajstić information content (AvgIpc) is 2.12. The molecular formula is C9H11F5O2S. The van der Waals surface area contributed by atoms with Gasteiger partial charge in [-0.05, 0) is 18.6 Å². The summed E-state index contributed by atoms with van der Waals surface area (Å²) in [5.74, 6) is -0.381. The van der Waals surface area contributed by atoms with Crippen LogP contribution in [0.2, 0.25) is 0 Å². The van der Waals surface area contributed by atoms with Gasteiger partial charge in [-0.2, -0.15) is 0 Å². The number of rotatable bonds is 3. The molecule has 0 spiro atoms. The van der Waals surface area contributed by atoms with Crippen molar-refractivity contribution in [3.8, 4) is 11.5 Å². The summed E-state index contributed by atoms with van der Waals surface area (Å²) in [6, 6.07) is 0.594. The van der Waals surface area contributed by atoms with E-state index in [2.05, 4.69) is 4.74 Å². The van der Waals surface area contributed by atoms with Crippen molar-refractivity contribution in [2.45, 2.75) is 11.8 Å². The van der Waals surface area contributed by atoms with Gasteiger partial charge in [0.05, 0.1) is 14.2 Å². The molecule has 1 aromatic carbocycles. The number of ether oxygens (including phenoxy) is 2. The molecule has 0 saturated carbocycles. The fourth-order valence-corrected chi connectivity index (χ4v) is 2.07. The Morgan fingerprint density at radius 1 is 0.941 bits per heavy atom. The van der Waals surface area contributed by atoms with E-state index in [1.54, 1.807) is 0 Å². The van der Waals surface area contributed by atoms with Crippen molar-refractivity contribution < 1.29 is 28.9 Å². The Hall–Kier alpha value is -1.18. The zero-order chi connectivity index (χ0) is 13.5. The molecule has 1 aromatic rings. The molecule has 0 unspecified atom stereocenters. The second-order valence-corrected chi connectivity index (χ2v) is 5.85. The normalized spacial score (nSPS) is 16.0. The summed E-state index contributed by atoms with van der Waals surface area (Å²) in [6.45, 7) is 1.23. The Morgan fingerprint density at radius 3 is 1.82 bits per heavy atom.